The van der Waals surface area contributed by atoms with Gasteiger partial charge in [0, 0.05) is 17.8 Å². The van der Waals surface area contributed by atoms with Crippen molar-refractivity contribution >= 4 is 11.3 Å². The van der Waals surface area contributed by atoms with Crippen LogP contribution in [-0.4, -0.2) is 30.0 Å². The van der Waals surface area contributed by atoms with E-state index in [-0.39, 0.29) is 0 Å². The molecule has 2 atom stereocenters. The van der Waals surface area contributed by atoms with Crippen LogP contribution in [0.3, 0.4) is 0 Å². The molecule has 1 aliphatic rings. The van der Waals surface area contributed by atoms with Gasteiger partial charge in [0.15, 0.2) is 0 Å². The van der Waals surface area contributed by atoms with Crippen LogP contribution in [0.15, 0.2) is 5.38 Å². The number of nitrogens with two attached hydrogens (primary N) is 1. The molecule has 0 bridgehead atoms. The number of aromatic nitrogens is 1. The average Bonchev–Trinajstić information content (AvgIpc) is 2.84. The molecule has 2 rings (SSSR count). The van der Waals surface area contributed by atoms with E-state index in [1.165, 1.54) is 24.4 Å². The highest BCUT2D eigenvalue weighted by Gasteiger charge is 2.25. The highest BCUT2D eigenvalue weighted by Crippen LogP contribution is 2.33. The molecule has 15 heavy (non-hydrogen) atoms. The van der Waals surface area contributed by atoms with Crippen molar-refractivity contribution in [1.29, 1.82) is 0 Å². The second-order valence-corrected chi connectivity index (χ2v) is 5.28. The quantitative estimate of drug-likeness (QED) is 0.855. The van der Waals surface area contributed by atoms with Crippen LogP contribution in [0.2, 0.25) is 0 Å². The van der Waals surface area contributed by atoms with E-state index in [4.69, 9.17) is 10.7 Å². The minimum atomic E-state index is 0.390. The maximum absolute atomic E-state index is 5.65. The molecule has 4 heteroatoms. The Morgan fingerprint density at radius 2 is 2.53 bits per heavy atom. The third-order valence-corrected chi connectivity index (χ3v) is 4.17. The molecule has 0 spiro atoms. The molecule has 1 aromatic rings. The van der Waals surface area contributed by atoms with Gasteiger partial charge in [0.25, 0.3) is 0 Å². The van der Waals surface area contributed by atoms with Gasteiger partial charge in [-0.15, -0.1) is 11.3 Å². The van der Waals surface area contributed by atoms with Gasteiger partial charge in [-0.2, -0.15) is 0 Å². The molecule has 1 fully saturated rings. The Hall–Kier alpha value is -0.450. The topological polar surface area (TPSA) is 42.1 Å². The van der Waals surface area contributed by atoms with Gasteiger partial charge in [-0.1, -0.05) is 6.92 Å². The van der Waals surface area contributed by atoms with Crippen LogP contribution in [-0.2, 0) is 0 Å². The lowest BCUT2D eigenvalue weighted by Gasteiger charge is -2.16. The van der Waals surface area contributed by atoms with Crippen LogP contribution in [0.5, 0.6) is 0 Å². The predicted octanol–water partition coefficient (Wildman–Crippen LogP) is 1.97. The summed E-state index contributed by atoms with van der Waals surface area (Å²) in [5.41, 5.74) is 6.81. The highest BCUT2D eigenvalue weighted by atomic mass is 32.1. The SMILES string of the molecule is CC(CN)c1csc(C2CCCN2C)n1. The monoisotopic (exact) mass is 225 g/mol. The molecular formula is C11H19N3S. The summed E-state index contributed by atoms with van der Waals surface area (Å²) in [5, 5.41) is 3.43. The third-order valence-electron chi connectivity index (χ3n) is 3.20. The van der Waals surface area contributed by atoms with Gasteiger partial charge in [0.2, 0.25) is 0 Å². The smallest absolute Gasteiger partial charge is 0.110 e. The molecule has 3 nitrogen and oxygen atoms in total. The molecule has 0 saturated carbocycles. The number of hydrogen-bond donors (Lipinski definition) is 1. The van der Waals surface area contributed by atoms with Gasteiger partial charge < -0.3 is 5.73 Å². The number of likely N-dealkylation sites (tertiary alicyclic amines) is 1. The van der Waals surface area contributed by atoms with Gasteiger partial charge in [-0.05, 0) is 26.4 Å². The molecule has 2 unspecified atom stereocenters. The number of hydrogen-bond acceptors (Lipinski definition) is 4. The van der Waals surface area contributed by atoms with Gasteiger partial charge in [-0.3, -0.25) is 4.90 Å². The van der Waals surface area contributed by atoms with Crippen LogP contribution in [0, 0.1) is 0 Å². The van der Waals surface area contributed by atoms with Gasteiger partial charge in [-0.25, -0.2) is 4.98 Å². The second-order valence-electron chi connectivity index (χ2n) is 4.39. The van der Waals surface area contributed by atoms with Gasteiger partial charge in [0.1, 0.15) is 5.01 Å². The van der Waals surface area contributed by atoms with Crippen molar-refractivity contribution in [2.45, 2.75) is 31.7 Å². The summed E-state index contributed by atoms with van der Waals surface area (Å²) < 4.78 is 0. The van der Waals surface area contributed by atoms with Crippen LogP contribution in [0.1, 0.15) is 42.4 Å². The van der Waals surface area contributed by atoms with E-state index in [1.54, 1.807) is 11.3 Å². The van der Waals surface area contributed by atoms with E-state index < -0.39 is 0 Å². The molecule has 2 heterocycles. The Bertz CT molecular complexity index is 323. The Morgan fingerprint density at radius 3 is 3.13 bits per heavy atom. The molecular weight excluding hydrogens is 206 g/mol. The zero-order valence-corrected chi connectivity index (χ0v) is 10.3. The van der Waals surface area contributed by atoms with Gasteiger partial charge in [0.05, 0.1) is 11.7 Å². The number of rotatable bonds is 3. The standard InChI is InChI=1S/C11H19N3S/c1-8(6-12)9-7-15-11(13-9)10-4-3-5-14(10)2/h7-8,10H,3-6,12H2,1-2H3. The van der Waals surface area contributed by atoms with E-state index in [1.807, 2.05) is 0 Å². The van der Waals surface area contributed by atoms with Gasteiger partial charge >= 0.3 is 0 Å². The van der Waals surface area contributed by atoms with Crippen molar-refractivity contribution in [3.8, 4) is 0 Å². The highest BCUT2D eigenvalue weighted by molar-refractivity contribution is 7.09. The van der Waals surface area contributed by atoms with Crippen molar-refractivity contribution < 1.29 is 0 Å². The molecule has 2 N–H and O–H groups in total. The minimum absolute atomic E-state index is 0.390. The van der Waals surface area contributed by atoms with E-state index in [0.29, 0.717) is 18.5 Å². The van der Waals surface area contributed by atoms with Crippen LogP contribution in [0.4, 0.5) is 0 Å². The van der Waals surface area contributed by atoms with Crippen molar-refractivity contribution in [3.63, 3.8) is 0 Å². The van der Waals surface area contributed by atoms with E-state index in [9.17, 15) is 0 Å². The van der Waals surface area contributed by atoms with Crippen molar-refractivity contribution in [1.82, 2.24) is 9.88 Å². The molecule has 84 valence electrons. The lowest BCUT2D eigenvalue weighted by molar-refractivity contribution is 0.316. The molecule has 1 saturated heterocycles. The first-order valence-corrected chi connectivity index (χ1v) is 6.46. The summed E-state index contributed by atoms with van der Waals surface area (Å²) in [5.74, 6) is 0.390. The summed E-state index contributed by atoms with van der Waals surface area (Å²) in [6.45, 7) is 4.02. The molecule has 0 aliphatic carbocycles. The van der Waals surface area contributed by atoms with E-state index in [0.717, 1.165) is 5.69 Å². The van der Waals surface area contributed by atoms with Crippen LogP contribution >= 0.6 is 11.3 Å². The molecule has 0 radical (unpaired) electrons. The van der Waals surface area contributed by atoms with Crippen LogP contribution < -0.4 is 5.73 Å². The normalized spacial score (nSPS) is 24.6. The summed E-state index contributed by atoms with van der Waals surface area (Å²) >= 11 is 1.79. The van der Waals surface area contributed by atoms with Crippen LogP contribution in [0.25, 0.3) is 0 Å². The fourth-order valence-corrected chi connectivity index (χ4v) is 3.16. The first-order valence-electron chi connectivity index (χ1n) is 5.58. The minimum Gasteiger partial charge on any atom is -0.330 e. The Balaban J connectivity index is 2.12. The molecule has 1 aliphatic heterocycles. The zero-order valence-electron chi connectivity index (χ0n) is 9.44. The largest absolute Gasteiger partial charge is 0.330 e. The summed E-state index contributed by atoms with van der Waals surface area (Å²) in [6, 6.07) is 0.550. The number of thiazole rings is 1. The maximum Gasteiger partial charge on any atom is 0.110 e. The second kappa shape index (κ2) is 4.60. The van der Waals surface area contributed by atoms with Crippen molar-refractivity contribution in [2.75, 3.05) is 20.1 Å². The van der Waals surface area contributed by atoms with E-state index >= 15 is 0 Å². The fraction of sp³-hybridized carbons (Fsp3) is 0.727. The lowest BCUT2D eigenvalue weighted by Crippen LogP contribution is -2.17. The Kier molecular flexibility index (Phi) is 3.38. The van der Waals surface area contributed by atoms with Crippen molar-refractivity contribution in [2.24, 2.45) is 5.73 Å². The summed E-state index contributed by atoms with van der Waals surface area (Å²) in [4.78, 5) is 7.11. The molecule has 1 aromatic heterocycles. The zero-order chi connectivity index (χ0) is 10.8. The maximum atomic E-state index is 5.65. The average molecular weight is 225 g/mol. The Morgan fingerprint density at radius 1 is 1.73 bits per heavy atom. The Labute approximate surface area is 95.3 Å². The van der Waals surface area contributed by atoms with Crippen molar-refractivity contribution in [3.05, 3.63) is 16.1 Å². The lowest BCUT2D eigenvalue weighted by atomic mass is 10.1. The number of nitrogens with zero attached hydrogens (tertiary/aromatic N) is 2. The molecule has 0 aromatic carbocycles. The predicted molar refractivity (Wildman–Crippen MR) is 64.2 cm³/mol. The fourth-order valence-electron chi connectivity index (χ4n) is 2.02. The first kappa shape index (κ1) is 11.0. The third kappa shape index (κ3) is 2.22. The summed E-state index contributed by atoms with van der Waals surface area (Å²) in [7, 11) is 2.19. The van der Waals surface area contributed by atoms with E-state index in [2.05, 4.69) is 24.3 Å². The summed E-state index contributed by atoms with van der Waals surface area (Å²) in [6.07, 6.45) is 2.54. The first-order chi connectivity index (χ1) is 7.22. The molecule has 0 amide bonds.